The number of aromatic nitrogens is 1. The predicted molar refractivity (Wildman–Crippen MR) is 38.6 cm³/mol. The van der Waals surface area contributed by atoms with E-state index in [-0.39, 0.29) is 0 Å². The first-order valence-electron chi connectivity index (χ1n) is 2.55. The zero-order chi connectivity index (χ0) is 7.40. The maximum Gasteiger partial charge on any atom is 0.298 e. The van der Waals surface area contributed by atoms with Crippen molar-refractivity contribution in [2.45, 2.75) is 0 Å². The predicted octanol–water partition coefficient (Wildman–Crippen LogP) is 1.38. The second kappa shape index (κ2) is 3.31. The minimum atomic E-state index is 0.363. The van der Waals surface area contributed by atoms with E-state index in [0.717, 1.165) is 0 Å². The van der Waals surface area contributed by atoms with Crippen LogP contribution in [-0.2, 0) is 4.79 Å². The standard InChI is InChI=1S/C6H4BrNO2/c7-6-5(10-4-9)2-1-3-8-6/h1-4H. The van der Waals surface area contributed by atoms with Gasteiger partial charge in [-0.15, -0.1) is 0 Å². The molecule has 0 aliphatic rings. The maximum absolute atomic E-state index is 9.86. The van der Waals surface area contributed by atoms with Crippen molar-refractivity contribution in [2.75, 3.05) is 0 Å². The summed E-state index contributed by atoms with van der Waals surface area (Å²) < 4.78 is 5.08. The van der Waals surface area contributed by atoms with E-state index in [2.05, 4.69) is 25.7 Å². The Bertz CT molecular complexity index is 239. The minimum absolute atomic E-state index is 0.363. The molecule has 0 saturated heterocycles. The van der Waals surface area contributed by atoms with Crippen LogP contribution < -0.4 is 4.74 Å². The number of hydrogen-bond acceptors (Lipinski definition) is 3. The summed E-state index contributed by atoms with van der Waals surface area (Å²) in [5, 5.41) is 0. The summed E-state index contributed by atoms with van der Waals surface area (Å²) in [6, 6.07) is 3.33. The van der Waals surface area contributed by atoms with Gasteiger partial charge in [0.25, 0.3) is 6.47 Å². The van der Waals surface area contributed by atoms with Crippen LogP contribution >= 0.6 is 15.9 Å². The fourth-order valence-corrected chi connectivity index (χ4v) is 0.855. The molecule has 0 N–H and O–H groups in total. The van der Waals surface area contributed by atoms with Gasteiger partial charge in [-0.3, -0.25) is 4.79 Å². The van der Waals surface area contributed by atoms with E-state index < -0.39 is 0 Å². The smallest absolute Gasteiger partial charge is 0.298 e. The number of nitrogens with zero attached hydrogens (tertiary/aromatic N) is 1. The Labute approximate surface area is 66.2 Å². The van der Waals surface area contributed by atoms with Gasteiger partial charge in [0.1, 0.15) is 4.60 Å². The number of pyridine rings is 1. The van der Waals surface area contributed by atoms with Crippen molar-refractivity contribution in [3.05, 3.63) is 22.9 Å². The van der Waals surface area contributed by atoms with E-state index in [0.29, 0.717) is 16.8 Å². The van der Waals surface area contributed by atoms with Crippen LogP contribution in [0.3, 0.4) is 0 Å². The summed E-state index contributed by atoms with van der Waals surface area (Å²) >= 11 is 3.10. The fraction of sp³-hybridized carbons (Fsp3) is 0. The van der Waals surface area contributed by atoms with Gasteiger partial charge in [0.15, 0.2) is 5.75 Å². The van der Waals surface area contributed by atoms with Gasteiger partial charge in [-0.1, -0.05) is 0 Å². The number of rotatable bonds is 2. The first-order valence-corrected chi connectivity index (χ1v) is 3.34. The molecule has 10 heavy (non-hydrogen) atoms. The maximum atomic E-state index is 9.86. The Kier molecular flexibility index (Phi) is 2.39. The lowest BCUT2D eigenvalue weighted by molar-refractivity contribution is -0.120. The molecule has 0 amide bonds. The average molecular weight is 202 g/mol. The van der Waals surface area contributed by atoms with Crippen molar-refractivity contribution >= 4 is 22.4 Å². The Balaban J connectivity index is 2.91. The van der Waals surface area contributed by atoms with E-state index in [1.54, 1.807) is 18.3 Å². The van der Waals surface area contributed by atoms with Crippen molar-refractivity contribution in [3.8, 4) is 5.75 Å². The average Bonchev–Trinajstić information content (AvgIpc) is 1.94. The van der Waals surface area contributed by atoms with Gasteiger partial charge in [-0.05, 0) is 28.1 Å². The molecule has 1 aromatic heterocycles. The molecule has 0 bridgehead atoms. The van der Waals surface area contributed by atoms with Gasteiger partial charge in [0.05, 0.1) is 0 Å². The first-order chi connectivity index (χ1) is 4.84. The van der Waals surface area contributed by atoms with Crippen LogP contribution in [0.15, 0.2) is 22.9 Å². The molecule has 3 nitrogen and oxygen atoms in total. The summed E-state index contributed by atoms with van der Waals surface area (Å²) in [5.41, 5.74) is 0. The summed E-state index contributed by atoms with van der Waals surface area (Å²) in [7, 11) is 0. The molecule has 0 saturated carbocycles. The molecule has 0 fully saturated rings. The lowest BCUT2D eigenvalue weighted by atomic mass is 10.5. The van der Waals surface area contributed by atoms with Gasteiger partial charge >= 0.3 is 0 Å². The highest BCUT2D eigenvalue weighted by atomic mass is 79.9. The molecular formula is C6H4BrNO2. The van der Waals surface area contributed by atoms with Crippen LogP contribution in [0.5, 0.6) is 5.75 Å². The molecule has 0 atom stereocenters. The molecule has 4 heteroatoms. The second-order valence-electron chi connectivity index (χ2n) is 1.51. The fourth-order valence-electron chi connectivity index (χ4n) is 0.511. The zero-order valence-electron chi connectivity index (χ0n) is 4.95. The van der Waals surface area contributed by atoms with Crippen LogP contribution in [0.1, 0.15) is 0 Å². The number of hydrogen-bond donors (Lipinski definition) is 0. The number of halogens is 1. The topological polar surface area (TPSA) is 39.2 Å². The van der Waals surface area contributed by atoms with Gasteiger partial charge in [-0.2, -0.15) is 0 Å². The molecule has 1 heterocycles. The van der Waals surface area contributed by atoms with Gasteiger partial charge in [0, 0.05) is 6.20 Å². The summed E-state index contributed by atoms with van der Waals surface area (Å²) in [5.74, 6) is 0.428. The zero-order valence-corrected chi connectivity index (χ0v) is 6.54. The highest BCUT2D eigenvalue weighted by molar-refractivity contribution is 9.10. The molecule has 0 aromatic carbocycles. The molecule has 0 spiro atoms. The molecule has 1 rings (SSSR count). The number of carbonyl (C=O) groups excluding carboxylic acids is 1. The van der Waals surface area contributed by atoms with Gasteiger partial charge in [0.2, 0.25) is 0 Å². The van der Waals surface area contributed by atoms with Crippen molar-refractivity contribution in [2.24, 2.45) is 0 Å². The third-order valence-corrected chi connectivity index (χ3v) is 1.50. The molecule has 0 aliphatic carbocycles. The van der Waals surface area contributed by atoms with Crippen LogP contribution in [0.2, 0.25) is 0 Å². The highest BCUT2D eigenvalue weighted by Crippen LogP contribution is 2.19. The largest absolute Gasteiger partial charge is 0.426 e. The third-order valence-electron chi connectivity index (χ3n) is 0.900. The Hall–Kier alpha value is -0.900. The minimum Gasteiger partial charge on any atom is -0.426 e. The first kappa shape index (κ1) is 7.21. The van der Waals surface area contributed by atoms with E-state index in [4.69, 9.17) is 0 Å². The summed E-state index contributed by atoms with van der Waals surface area (Å²) in [4.78, 5) is 13.7. The Morgan fingerprint density at radius 3 is 3.10 bits per heavy atom. The quantitative estimate of drug-likeness (QED) is 0.537. The van der Waals surface area contributed by atoms with Crippen molar-refractivity contribution in [3.63, 3.8) is 0 Å². The van der Waals surface area contributed by atoms with Gasteiger partial charge in [-0.25, -0.2) is 4.98 Å². The van der Waals surface area contributed by atoms with Crippen LogP contribution in [0, 0.1) is 0 Å². The van der Waals surface area contributed by atoms with Crippen LogP contribution in [0.4, 0.5) is 0 Å². The van der Waals surface area contributed by atoms with Crippen LogP contribution in [-0.4, -0.2) is 11.5 Å². The molecule has 0 aliphatic heterocycles. The van der Waals surface area contributed by atoms with E-state index in [9.17, 15) is 4.79 Å². The Morgan fingerprint density at radius 1 is 1.70 bits per heavy atom. The molecule has 0 radical (unpaired) electrons. The van der Waals surface area contributed by atoms with Crippen molar-refractivity contribution in [1.29, 1.82) is 0 Å². The summed E-state index contributed by atoms with van der Waals surface area (Å²) in [6.45, 7) is 0.363. The molecule has 0 unspecified atom stereocenters. The summed E-state index contributed by atoms with van der Waals surface area (Å²) in [6.07, 6.45) is 1.60. The second-order valence-corrected chi connectivity index (χ2v) is 2.26. The van der Waals surface area contributed by atoms with Crippen molar-refractivity contribution < 1.29 is 9.53 Å². The van der Waals surface area contributed by atoms with E-state index >= 15 is 0 Å². The number of ether oxygens (including phenoxy) is 1. The lowest BCUT2D eigenvalue weighted by Crippen LogP contribution is -1.89. The Morgan fingerprint density at radius 2 is 2.50 bits per heavy atom. The molecule has 1 aromatic rings. The van der Waals surface area contributed by atoms with Gasteiger partial charge < -0.3 is 4.74 Å². The third kappa shape index (κ3) is 1.54. The van der Waals surface area contributed by atoms with Crippen molar-refractivity contribution in [1.82, 2.24) is 4.98 Å². The van der Waals surface area contributed by atoms with E-state index in [1.807, 2.05) is 0 Å². The highest BCUT2D eigenvalue weighted by Gasteiger charge is 1.97. The molecule has 52 valence electrons. The monoisotopic (exact) mass is 201 g/mol. The normalized spacial score (nSPS) is 8.90. The SMILES string of the molecule is O=COc1cccnc1Br. The lowest BCUT2D eigenvalue weighted by Gasteiger charge is -1.96. The number of carbonyl (C=O) groups is 1. The molecular weight excluding hydrogens is 198 g/mol. The van der Waals surface area contributed by atoms with Crippen LogP contribution in [0.25, 0.3) is 0 Å². The van der Waals surface area contributed by atoms with E-state index in [1.165, 1.54) is 0 Å².